The minimum Gasteiger partial charge on any atom is -0.396 e. The fourth-order valence-corrected chi connectivity index (χ4v) is 1.47. The van der Waals surface area contributed by atoms with Crippen molar-refractivity contribution in [3.8, 4) is 0 Å². The van der Waals surface area contributed by atoms with Gasteiger partial charge in [-0.05, 0) is 41.3 Å². The monoisotopic (exact) mass is 276 g/mol. The Morgan fingerprint density at radius 3 is 2.87 bits per heavy atom. The van der Waals surface area contributed by atoms with Crippen molar-refractivity contribution >= 4 is 21.7 Å². The van der Waals surface area contributed by atoms with Crippen LogP contribution < -0.4 is 5.32 Å². The molecule has 0 saturated heterocycles. The number of halogens is 2. The van der Waals surface area contributed by atoms with E-state index < -0.39 is 0 Å². The molecule has 0 unspecified atom stereocenters. The van der Waals surface area contributed by atoms with Crippen molar-refractivity contribution in [1.82, 2.24) is 4.98 Å². The van der Waals surface area contributed by atoms with Gasteiger partial charge in [0.05, 0.1) is 0 Å². The van der Waals surface area contributed by atoms with E-state index in [4.69, 9.17) is 5.11 Å². The van der Waals surface area contributed by atoms with Gasteiger partial charge >= 0.3 is 0 Å². The average molecular weight is 277 g/mol. The Hall–Kier alpha value is -0.680. The molecule has 1 heterocycles. The van der Waals surface area contributed by atoms with Crippen LogP contribution in [-0.4, -0.2) is 23.2 Å². The van der Waals surface area contributed by atoms with E-state index >= 15 is 0 Å². The summed E-state index contributed by atoms with van der Waals surface area (Å²) in [5.41, 5.74) is 0. The van der Waals surface area contributed by atoms with E-state index in [0.717, 1.165) is 19.3 Å². The summed E-state index contributed by atoms with van der Waals surface area (Å²) >= 11 is 3.14. The molecular weight excluding hydrogens is 263 g/mol. The van der Waals surface area contributed by atoms with Gasteiger partial charge in [0.2, 0.25) is 0 Å². The first-order valence-electron chi connectivity index (χ1n) is 4.90. The Kier molecular flexibility index (Phi) is 5.57. The summed E-state index contributed by atoms with van der Waals surface area (Å²) in [6.45, 7) is 0.885. The van der Waals surface area contributed by atoms with Crippen molar-refractivity contribution in [3.63, 3.8) is 0 Å². The SMILES string of the molecule is OCCCCCNc1ncc(Br)cc1F. The van der Waals surface area contributed by atoms with Gasteiger partial charge in [0.1, 0.15) is 0 Å². The van der Waals surface area contributed by atoms with Crippen LogP contribution in [0.5, 0.6) is 0 Å². The van der Waals surface area contributed by atoms with Crippen LogP contribution in [0.1, 0.15) is 19.3 Å². The molecule has 5 heteroatoms. The molecule has 0 spiro atoms. The van der Waals surface area contributed by atoms with Crippen molar-refractivity contribution in [1.29, 1.82) is 0 Å². The minimum atomic E-state index is -0.355. The number of nitrogens with one attached hydrogen (secondary N) is 1. The Bertz CT molecular complexity index is 309. The first kappa shape index (κ1) is 12.4. The number of rotatable bonds is 6. The van der Waals surface area contributed by atoms with Crippen molar-refractivity contribution in [2.24, 2.45) is 0 Å². The van der Waals surface area contributed by atoms with Crippen LogP contribution in [0.15, 0.2) is 16.7 Å². The number of aromatic nitrogens is 1. The molecule has 0 aliphatic heterocycles. The lowest BCUT2D eigenvalue weighted by Gasteiger charge is -2.06. The van der Waals surface area contributed by atoms with Gasteiger partial charge in [-0.15, -0.1) is 0 Å². The van der Waals surface area contributed by atoms with Gasteiger partial charge in [0, 0.05) is 23.8 Å². The molecule has 84 valence electrons. The predicted octanol–water partition coefficient (Wildman–Crippen LogP) is 2.56. The molecule has 0 radical (unpaired) electrons. The minimum absolute atomic E-state index is 0.213. The van der Waals surface area contributed by atoms with Crippen molar-refractivity contribution in [2.75, 3.05) is 18.5 Å². The van der Waals surface area contributed by atoms with Gasteiger partial charge in [0.15, 0.2) is 11.6 Å². The molecule has 0 fully saturated rings. The van der Waals surface area contributed by atoms with Gasteiger partial charge in [-0.2, -0.15) is 0 Å². The lowest BCUT2D eigenvalue weighted by Crippen LogP contribution is -2.05. The third kappa shape index (κ3) is 4.57. The van der Waals surface area contributed by atoms with Gasteiger partial charge in [-0.1, -0.05) is 0 Å². The zero-order chi connectivity index (χ0) is 11.1. The zero-order valence-corrected chi connectivity index (χ0v) is 9.93. The molecule has 1 aromatic heterocycles. The van der Waals surface area contributed by atoms with Gasteiger partial charge in [-0.3, -0.25) is 0 Å². The number of aliphatic hydroxyl groups excluding tert-OH is 1. The van der Waals surface area contributed by atoms with Crippen molar-refractivity contribution < 1.29 is 9.50 Å². The molecule has 15 heavy (non-hydrogen) atoms. The second-order valence-electron chi connectivity index (χ2n) is 3.20. The molecule has 0 aliphatic rings. The second kappa shape index (κ2) is 6.74. The topological polar surface area (TPSA) is 45.1 Å². The molecule has 3 nitrogen and oxygen atoms in total. The van der Waals surface area contributed by atoms with Crippen LogP contribution in [0, 0.1) is 5.82 Å². The molecule has 1 aromatic rings. The quantitative estimate of drug-likeness (QED) is 0.785. The van der Waals surface area contributed by atoms with Crippen molar-refractivity contribution in [3.05, 3.63) is 22.6 Å². The number of aliphatic hydroxyl groups is 1. The first-order chi connectivity index (χ1) is 7.24. The van der Waals surface area contributed by atoms with Crippen LogP contribution >= 0.6 is 15.9 Å². The maximum Gasteiger partial charge on any atom is 0.166 e. The summed E-state index contributed by atoms with van der Waals surface area (Å²) in [6, 6.07) is 1.38. The average Bonchev–Trinajstić information content (AvgIpc) is 2.20. The number of hydrogen-bond acceptors (Lipinski definition) is 3. The van der Waals surface area contributed by atoms with Crippen LogP contribution in [0.4, 0.5) is 10.2 Å². The molecule has 0 amide bonds. The fourth-order valence-electron chi connectivity index (χ4n) is 1.17. The smallest absolute Gasteiger partial charge is 0.166 e. The molecule has 0 bridgehead atoms. The lowest BCUT2D eigenvalue weighted by molar-refractivity contribution is 0.283. The Labute approximate surface area is 96.9 Å². The standard InChI is InChI=1S/C10H14BrFN2O/c11-8-6-9(12)10(14-7-8)13-4-2-1-3-5-15/h6-7,15H,1-5H2,(H,13,14). The molecule has 0 aliphatic carbocycles. The second-order valence-corrected chi connectivity index (χ2v) is 4.11. The van der Waals surface area contributed by atoms with E-state index in [2.05, 4.69) is 26.2 Å². The maximum atomic E-state index is 13.2. The summed E-state index contributed by atoms with van der Waals surface area (Å²) in [4.78, 5) is 3.91. The normalized spacial score (nSPS) is 10.3. The molecule has 1 rings (SSSR count). The summed E-state index contributed by atoms with van der Waals surface area (Å²) < 4.78 is 13.9. The van der Waals surface area contributed by atoms with E-state index in [1.165, 1.54) is 6.07 Å². The Balaban J connectivity index is 2.31. The summed E-state index contributed by atoms with van der Waals surface area (Å²) in [5.74, 6) is -0.0752. The molecule has 0 aromatic carbocycles. The number of hydrogen-bond donors (Lipinski definition) is 2. The van der Waals surface area contributed by atoms with Crippen LogP contribution in [-0.2, 0) is 0 Å². The number of anilines is 1. The van der Waals surface area contributed by atoms with Gasteiger partial charge in [-0.25, -0.2) is 9.37 Å². The number of nitrogens with zero attached hydrogens (tertiary/aromatic N) is 1. The van der Waals surface area contributed by atoms with E-state index in [0.29, 0.717) is 11.0 Å². The van der Waals surface area contributed by atoms with Crippen LogP contribution in [0.25, 0.3) is 0 Å². The Morgan fingerprint density at radius 2 is 2.20 bits per heavy atom. The predicted molar refractivity (Wildman–Crippen MR) is 61.3 cm³/mol. The van der Waals surface area contributed by atoms with E-state index in [1.54, 1.807) is 6.20 Å². The highest BCUT2D eigenvalue weighted by molar-refractivity contribution is 9.10. The number of pyridine rings is 1. The third-order valence-corrected chi connectivity index (χ3v) is 2.37. The number of unbranched alkanes of at least 4 members (excludes halogenated alkanes) is 2. The molecule has 0 atom stereocenters. The van der Waals surface area contributed by atoms with Gasteiger partial charge in [0.25, 0.3) is 0 Å². The van der Waals surface area contributed by atoms with E-state index in [-0.39, 0.29) is 18.2 Å². The van der Waals surface area contributed by atoms with Gasteiger partial charge < -0.3 is 10.4 Å². The zero-order valence-electron chi connectivity index (χ0n) is 8.34. The summed E-state index contributed by atoms with van der Waals surface area (Å²) in [5, 5.41) is 11.5. The molecule has 0 saturated carbocycles. The largest absolute Gasteiger partial charge is 0.396 e. The third-order valence-electron chi connectivity index (χ3n) is 1.94. The highest BCUT2D eigenvalue weighted by Gasteiger charge is 2.02. The molecule has 2 N–H and O–H groups in total. The van der Waals surface area contributed by atoms with E-state index in [9.17, 15) is 4.39 Å². The first-order valence-corrected chi connectivity index (χ1v) is 5.69. The van der Waals surface area contributed by atoms with Crippen LogP contribution in [0.2, 0.25) is 0 Å². The molecular formula is C10H14BrFN2O. The van der Waals surface area contributed by atoms with E-state index in [1.807, 2.05) is 0 Å². The summed E-state index contributed by atoms with van der Waals surface area (Å²) in [7, 11) is 0. The maximum absolute atomic E-state index is 13.2. The summed E-state index contributed by atoms with van der Waals surface area (Å²) in [6.07, 6.45) is 4.18. The Morgan fingerprint density at radius 1 is 1.40 bits per heavy atom. The highest BCUT2D eigenvalue weighted by atomic mass is 79.9. The highest BCUT2D eigenvalue weighted by Crippen LogP contribution is 2.15. The van der Waals surface area contributed by atoms with Crippen molar-refractivity contribution in [2.45, 2.75) is 19.3 Å². The lowest BCUT2D eigenvalue weighted by atomic mass is 10.2. The van der Waals surface area contributed by atoms with Crippen LogP contribution in [0.3, 0.4) is 0 Å². The fraction of sp³-hybridized carbons (Fsp3) is 0.500.